The van der Waals surface area contributed by atoms with Crippen molar-refractivity contribution in [2.75, 3.05) is 18.1 Å². The minimum atomic E-state index is 0.603. The summed E-state index contributed by atoms with van der Waals surface area (Å²) in [7, 11) is 2.00. The molecule has 8 nitrogen and oxygen atoms in total. The largest absolute Gasteiger partial charge is 0.491 e. The van der Waals surface area contributed by atoms with Crippen LogP contribution in [0.3, 0.4) is 0 Å². The quantitative estimate of drug-likeness (QED) is 0.478. The molecule has 0 unspecified atom stereocenters. The lowest BCUT2D eigenvalue weighted by Crippen LogP contribution is -2.26. The maximum absolute atomic E-state index is 6.06. The van der Waals surface area contributed by atoms with Crippen molar-refractivity contribution in [3.05, 3.63) is 60.4 Å². The van der Waals surface area contributed by atoms with E-state index in [-0.39, 0.29) is 0 Å². The number of H-pyrrole nitrogens is 1. The number of nitrogens with one attached hydrogen (secondary N) is 1. The summed E-state index contributed by atoms with van der Waals surface area (Å²) in [4.78, 5) is 23.5. The standard InChI is InChI=1S/C23H21N7O/c1-14-27-19-10-16(11-24-21(19)28-14)15-3-4-20-17(9-15)12-30(7-8-31-20)23-18-5-6-29(2)22(18)25-13-26-23/h3-6,9-11,13H,7-8,12H2,1-2H3,(H,24,27,28). The lowest BCUT2D eigenvalue weighted by Gasteiger charge is -2.21. The molecular weight excluding hydrogens is 390 g/mol. The van der Waals surface area contributed by atoms with E-state index in [9.17, 15) is 0 Å². The number of rotatable bonds is 2. The third-order valence-corrected chi connectivity index (χ3v) is 5.77. The molecule has 1 aliphatic rings. The van der Waals surface area contributed by atoms with E-state index >= 15 is 0 Å². The van der Waals surface area contributed by atoms with E-state index in [1.807, 2.05) is 30.9 Å². The molecule has 154 valence electrons. The van der Waals surface area contributed by atoms with Gasteiger partial charge in [-0.2, -0.15) is 0 Å². The number of ether oxygens (including phenoxy) is 1. The van der Waals surface area contributed by atoms with Gasteiger partial charge in [-0.1, -0.05) is 6.07 Å². The summed E-state index contributed by atoms with van der Waals surface area (Å²) in [5.74, 6) is 2.71. The third-order valence-electron chi connectivity index (χ3n) is 5.77. The number of hydrogen-bond donors (Lipinski definition) is 1. The second-order valence-corrected chi connectivity index (χ2v) is 7.87. The maximum Gasteiger partial charge on any atom is 0.177 e. The number of hydrogen-bond acceptors (Lipinski definition) is 6. The van der Waals surface area contributed by atoms with E-state index in [1.165, 1.54) is 0 Å². The van der Waals surface area contributed by atoms with Crippen LogP contribution in [0, 0.1) is 6.92 Å². The molecule has 0 saturated carbocycles. The van der Waals surface area contributed by atoms with Crippen LogP contribution in [0.5, 0.6) is 5.75 Å². The third kappa shape index (κ3) is 2.99. The fraction of sp³-hybridized carbons (Fsp3) is 0.217. The van der Waals surface area contributed by atoms with E-state index in [1.54, 1.807) is 6.33 Å². The van der Waals surface area contributed by atoms with Crippen LogP contribution in [0.4, 0.5) is 5.82 Å². The average molecular weight is 411 g/mol. The van der Waals surface area contributed by atoms with Gasteiger partial charge in [0.15, 0.2) is 5.65 Å². The second kappa shape index (κ2) is 6.80. The first kappa shape index (κ1) is 17.9. The Labute approximate surface area is 178 Å². The van der Waals surface area contributed by atoms with E-state index in [4.69, 9.17) is 4.74 Å². The van der Waals surface area contributed by atoms with Gasteiger partial charge in [0, 0.05) is 37.1 Å². The highest BCUT2D eigenvalue weighted by atomic mass is 16.5. The number of aromatic nitrogens is 6. The van der Waals surface area contributed by atoms with Crippen LogP contribution in [0.25, 0.3) is 33.3 Å². The molecule has 0 amide bonds. The number of pyridine rings is 1. The molecule has 4 aromatic heterocycles. The fourth-order valence-electron chi connectivity index (χ4n) is 4.25. The molecule has 0 bridgehead atoms. The molecule has 0 fully saturated rings. The second-order valence-electron chi connectivity index (χ2n) is 7.87. The first-order valence-corrected chi connectivity index (χ1v) is 10.3. The van der Waals surface area contributed by atoms with Crippen molar-refractivity contribution in [2.24, 2.45) is 7.05 Å². The molecule has 6 rings (SSSR count). The van der Waals surface area contributed by atoms with Gasteiger partial charge in [0.1, 0.15) is 36.0 Å². The Hall–Kier alpha value is -3.94. The summed E-state index contributed by atoms with van der Waals surface area (Å²) < 4.78 is 8.07. The number of nitrogens with zero attached hydrogens (tertiary/aromatic N) is 6. The van der Waals surface area contributed by atoms with Crippen molar-refractivity contribution in [2.45, 2.75) is 13.5 Å². The molecule has 0 radical (unpaired) electrons. The van der Waals surface area contributed by atoms with E-state index in [0.29, 0.717) is 13.2 Å². The summed E-state index contributed by atoms with van der Waals surface area (Å²) >= 11 is 0. The highest BCUT2D eigenvalue weighted by Crippen LogP contribution is 2.32. The number of aromatic amines is 1. The number of fused-ring (bicyclic) bond motifs is 3. The van der Waals surface area contributed by atoms with Gasteiger partial charge in [0.05, 0.1) is 17.4 Å². The van der Waals surface area contributed by atoms with Crippen LogP contribution in [-0.4, -0.2) is 42.6 Å². The summed E-state index contributed by atoms with van der Waals surface area (Å²) in [6.07, 6.45) is 5.52. The van der Waals surface area contributed by atoms with Crippen molar-refractivity contribution < 1.29 is 4.74 Å². The molecule has 5 heterocycles. The number of benzene rings is 1. The van der Waals surface area contributed by atoms with Crippen molar-refractivity contribution in [3.63, 3.8) is 0 Å². The van der Waals surface area contributed by atoms with Gasteiger partial charge in [-0.05, 0) is 36.8 Å². The highest BCUT2D eigenvalue weighted by Gasteiger charge is 2.20. The molecule has 31 heavy (non-hydrogen) atoms. The number of aryl methyl sites for hydroxylation is 2. The predicted octanol–water partition coefficient (Wildman–Crippen LogP) is 3.61. The van der Waals surface area contributed by atoms with Crippen molar-refractivity contribution in [1.82, 2.24) is 29.5 Å². The smallest absolute Gasteiger partial charge is 0.177 e. The average Bonchev–Trinajstić information content (AvgIpc) is 3.26. The Balaban J connectivity index is 1.39. The first-order chi connectivity index (χ1) is 15.2. The van der Waals surface area contributed by atoms with E-state index < -0.39 is 0 Å². The van der Waals surface area contributed by atoms with Crippen LogP contribution in [0.1, 0.15) is 11.4 Å². The van der Waals surface area contributed by atoms with Gasteiger partial charge in [0.25, 0.3) is 0 Å². The molecule has 0 aliphatic carbocycles. The molecule has 0 spiro atoms. The summed E-state index contributed by atoms with van der Waals surface area (Å²) in [5, 5.41) is 1.05. The Morgan fingerprint density at radius 1 is 1.06 bits per heavy atom. The minimum absolute atomic E-state index is 0.603. The van der Waals surface area contributed by atoms with Crippen molar-refractivity contribution >= 4 is 28.0 Å². The van der Waals surface area contributed by atoms with Crippen LogP contribution in [0.2, 0.25) is 0 Å². The van der Waals surface area contributed by atoms with Gasteiger partial charge in [0.2, 0.25) is 0 Å². The number of anilines is 1. The van der Waals surface area contributed by atoms with Gasteiger partial charge in [-0.3, -0.25) is 0 Å². The molecule has 8 heteroatoms. The van der Waals surface area contributed by atoms with Crippen LogP contribution in [-0.2, 0) is 13.6 Å². The molecule has 1 N–H and O–H groups in total. The zero-order valence-electron chi connectivity index (χ0n) is 17.3. The predicted molar refractivity (Wildman–Crippen MR) is 119 cm³/mol. The monoisotopic (exact) mass is 411 g/mol. The Morgan fingerprint density at radius 3 is 2.94 bits per heavy atom. The SMILES string of the molecule is Cc1nc2ncc(-c3ccc4c(c3)CN(c3ncnc5c3ccn5C)CCO4)cc2[nH]1. The van der Waals surface area contributed by atoms with Crippen LogP contribution in [0.15, 0.2) is 49.1 Å². The Kier molecular flexibility index (Phi) is 3.92. The van der Waals surface area contributed by atoms with Gasteiger partial charge >= 0.3 is 0 Å². The van der Waals surface area contributed by atoms with E-state index in [2.05, 4.69) is 60.2 Å². The molecule has 1 aliphatic heterocycles. The van der Waals surface area contributed by atoms with Gasteiger partial charge < -0.3 is 19.2 Å². The zero-order chi connectivity index (χ0) is 20.9. The molecule has 0 saturated heterocycles. The van der Waals surface area contributed by atoms with Gasteiger partial charge in [-0.25, -0.2) is 19.9 Å². The van der Waals surface area contributed by atoms with Gasteiger partial charge in [-0.15, -0.1) is 0 Å². The normalized spacial score (nSPS) is 13.9. The summed E-state index contributed by atoms with van der Waals surface area (Å²) in [6.45, 7) is 4.01. The minimum Gasteiger partial charge on any atom is -0.491 e. The lowest BCUT2D eigenvalue weighted by atomic mass is 10.0. The first-order valence-electron chi connectivity index (χ1n) is 10.3. The lowest BCUT2D eigenvalue weighted by molar-refractivity contribution is 0.331. The van der Waals surface area contributed by atoms with Crippen molar-refractivity contribution in [1.29, 1.82) is 0 Å². The molecule has 0 atom stereocenters. The summed E-state index contributed by atoms with van der Waals surface area (Å²) in [5.41, 5.74) is 5.87. The molecule has 5 aromatic rings. The maximum atomic E-state index is 6.06. The zero-order valence-corrected chi connectivity index (χ0v) is 17.3. The van der Waals surface area contributed by atoms with Crippen LogP contribution < -0.4 is 9.64 Å². The van der Waals surface area contributed by atoms with E-state index in [0.717, 1.165) is 62.8 Å². The highest BCUT2D eigenvalue weighted by molar-refractivity contribution is 5.88. The fourth-order valence-corrected chi connectivity index (χ4v) is 4.25. The Morgan fingerprint density at radius 2 is 2.00 bits per heavy atom. The number of imidazole rings is 1. The topological polar surface area (TPSA) is 84.8 Å². The van der Waals surface area contributed by atoms with Crippen LogP contribution >= 0.6 is 0 Å². The summed E-state index contributed by atoms with van der Waals surface area (Å²) in [6, 6.07) is 10.5. The molecular formula is C23H21N7O. The van der Waals surface area contributed by atoms with Crippen molar-refractivity contribution in [3.8, 4) is 16.9 Å². The Bertz CT molecular complexity index is 1430. The molecule has 1 aromatic carbocycles.